The van der Waals surface area contributed by atoms with Gasteiger partial charge >= 0.3 is 0 Å². The lowest BCUT2D eigenvalue weighted by molar-refractivity contribution is 0.796. The standard InChI is InChI=1S/C8H11S/c1-2-3-4-8-5-6-9-7-8/h6-7H,2-4H2,1H3. The van der Waals surface area contributed by atoms with Gasteiger partial charge in [0, 0.05) is 0 Å². The second kappa shape index (κ2) is 3.67. The van der Waals surface area contributed by atoms with Crippen LogP contribution in [0.5, 0.6) is 0 Å². The summed E-state index contributed by atoms with van der Waals surface area (Å²) >= 11 is 1.73. The Bertz CT molecular complexity index is 142. The summed E-state index contributed by atoms with van der Waals surface area (Å²) in [5.74, 6) is 0. The second-order valence-electron chi connectivity index (χ2n) is 2.14. The molecule has 0 aliphatic carbocycles. The van der Waals surface area contributed by atoms with Gasteiger partial charge in [-0.2, -0.15) is 11.3 Å². The van der Waals surface area contributed by atoms with Crippen molar-refractivity contribution >= 4 is 11.3 Å². The molecular weight excluding hydrogens is 128 g/mol. The molecule has 0 nitrogen and oxygen atoms in total. The molecule has 0 amide bonds. The fourth-order valence-corrected chi connectivity index (χ4v) is 1.40. The van der Waals surface area contributed by atoms with Crippen molar-refractivity contribution < 1.29 is 0 Å². The Morgan fingerprint density at radius 2 is 2.56 bits per heavy atom. The normalized spacial score (nSPS) is 9.89. The Morgan fingerprint density at radius 1 is 1.67 bits per heavy atom. The van der Waals surface area contributed by atoms with Crippen molar-refractivity contribution in [3.8, 4) is 0 Å². The van der Waals surface area contributed by atoms with Gasteiger partial charge < -0.3 is 0 Å². The molecule has 0 saturated heterocycles. The molecule has 0 spiro atoms. The van der Waals surface area contributed by atoms with Gasteiger partial charge in [0.05, 0.1) is 0 Å². The van der Waals surface area contributed by atoms with Gasteiger partial charge in [-0.3, -0.25) is 0 Å². The molecule has 0 aromatic carbocycles. The van der Waals surface area contributed by atoms with Crippen molar-refractivity contribution in [2.75, 3.05) is 0 Å². The first-order valence-corrected chi connectivity index (χ1v) is 4.30. The van der Waals surface area contributed by atoms with Crippen LogP contribution in [0.1, 0.15) is 25.3 Å². The zero-order valence-electron chi connectivity index (χ0n) is 5.68. The molecular formula is C8H11S. The van der Waals surface area contributed by atoms with Gasteiger partial charge in [-0.25, -0.2) is 0 Å². The van der Waals surface area contributed by atoms with E-state index in [-0.39, 0.29) is 0 Å². The van der Waals surface area contributed by atoms with Crippen LogP contribution in [0.2, 0.25) is 0 Å². The number of aryl methyl sites for hydroxylation is 1. The van der Waals surface area contributed by atoms with Crippen molar-refractivity contribution in [2.45, 2.75) is 26.2 Å². The minimum absolute atomic E-state index is 1.21. The zero-order valence-corrected chi connectivity index (χ0v) is 6.50. The fraction of sp³-hybridized carbons (Fsp3) is 0.500. The van der Waals surface area contributed by atoms with E-state index in [0.29, 0.717) is 0 Å². The molecule has 1 aromatic rings. The first-order chi connectivity index (χ1) is 4.43. The van der Waals surface area contributed by atoms with Crippen LogP contribution in [0.4, 0.5) is 0 Å². The molecule has 1 radical (unpaired) electrons. The summed E-state index contributed by atoms with van der Waals surface area (Å²) in [6, 6.07) is 3.19. The van der Waals surface area contributed by atoms with Crippen LogP contribution in [-0.4, -0.2) is 0 Å². The predicted octanol–water partition coefficient (Wildman–Crippen LogP) is 2.89. The van der Waals surface area contributed by atoms with E-state index in [0.717, 1.165) is 0 Å². The maximum absolute atomic E-state index is 3.19. The molecule has 0 saturated carbocycles. The Morgan fingerprint density at radius 3 is 3.11 bits per heavy atom. The molecule has 0 N–H and O–H groups in total. The summed E-state index contributed by atoms with van der Waals surface area (Å²) in [7, 11) is 0. The lowest BCUT2D eigenvalue weighted by Gasteiger charge is -1.90. The van der Waals surface area contributed by atoms with Gasteiger partial charge in [0.25, 0.3) is 0 Å². The van der Waals surface area contributed by atoms with E-state index in [1.54, 1.807) is 11.3 Å². The first kappa shape index (κ1) is 6.81. The fourth-order valence-electron chi connectivity index (χ4n) is 0.758. The number of rotatable bonds is 3. The van der Waals surface area contributed by atoms with Gasteiger partial charge in [-0.15, -0.1) is 0 Å². The SMILES string of the molecule is CCCCc1[c]csc1. The molecule has 0 unspecified atom stereocenters. The Hall–Kier alpha value is -0.300. The lowest BCUT2D eigenvalue weighted by atomic mass is 10.2. The van der Waals surface area contributed by atoms with E-state index < -0.39 is 0 Å². The van der Waals surface area contributed by atoms with Gasteiger partial charge in [0.2, 0.25) is 0 Å². The summed E-state index contributed by atoms with van der Waals surface area (Å²) in [6.07, 6.45) is 3.79. The summed E-state index contributed by atoms with van der Waals surface area (Å²) < 4.78 is 0. The van der Waals surface area contributed by atoms with Crippen LogP contribution in [0.3, 0.4) is 0 Å². The molecule has 1 heteroatoms. The quantitative estimate of drug-likeness (QED) is 0.604. The average molecular weight is 139 g/mol. The lowest BCUT2D eigenvalue weighted by Crippen LogP contribution is -1.78. The van der Waals surface area contributed by atoms with Crippen molar-refractivity contribution in [1.29, 1.82) is 0 Å². The number of unbranched alkanes of at least 4 members (excludes halogenated alkanes) is 1. The molecule has 9 heavy (non-hydrogen) atoms. The van der Waals surface area contributed by atoms with Gasteiger partial charge in [0.1, 0.15) is 0 Å². The van der Waals surface area contributed by atoms with E-state index in [9.17, 15) is 0 Å². The third-order valence-electron chi connectivity index (χ3n) is 1.32. The molecule has 1 heterocycles. The number of hydrogen-bond acceptors (Lipinski definition) is 1. The third kappa shape index (κ3) is 2.19. The Labute approximate surface area is 60.5 Å². The van der Waals surface area contributed by atoms with E-state index >= 15 is 0 Å². The van der Waals surface area contributed by atoms with Crippen molar-refractivity contribution in [1.82, 2.24) is 0 Å². The van der Waals surface area contributed by atoms with Crippen LogP contribution in [-0.2, 0) is 6.42 Å². The Kier molecular flexibility index (Phi) is 2.78. The minimum Gasteiger partial charge on any atom is -0.151 e. The molecule has 0 aliphatic heterocycles. The predicted molar refractivity (Wildman–Crippen MR) is 41.8 cm³/mol. The minimum atomic E-state index is 1.21. The molecule has 0 fully saturated rings. The molecule has 0 aliphatic rings. The third-order valence-corrected chi connectivity index (χ3v) is 2.00. The monoisotopic (exact) mass is 139 g/mol. The second-order valence-corrected chi connectivity index (χ2v) is 2.89. The van der Waals surface area contributed by atoms with Crippen LogP contribution in [0.25, 0.3) is 0 Å². The van der Waals surface area contributed by atoms with Crippen LogP contribution >= 0.6 is 11.3 Å². The highest BCUT2D eigenvalue weighted by molar-refractivity contribution is 7.07. The highest BCUT2D eigenvalue weighted by Crippen LogP contribution is 2.07. The van der Waals surface area contributed by atoms with Gasteiger partial charge in [0.15, 0.2) is 0 Å². The molecule has 1 aromatic heterocycles. The molecule has 0 atom stereocenters. The van der Waals surface area contributed by atoms with E-state index in [4.69, 9.17) is 0 Å². The smallest absolute Gasteiger partial charge is 0.00115 e. The molecule has 1 rings (SSSR count). The summed E-state index contributed by atoms with van der Waals surface area (Å²) in [5.41, 5.74) is 1.38. The van der Waals surface area contributed by atoms with Crippen molar-refractivity contribution in [3.63, 3.8) is 0 Å². The summed E-state index contributed by atoms with van der Waals surface area (Å²) in [6.45, 7) is 2.21. The largest absolute Gasteiger partial charge is 0.151 e. The van der Waals surface area contributed by atoms with Crippen LogP contribution in [0, 0.1) is 6.07 Å². The summed E-state index contributed by atoms with van der Waals surface area (Å²) in [4.78, 5) is 0. The maximum atomic E-state index is 3.19. The van der Waals surface area contributed by atoms with E-state index in [2.05, 4.69) is 18.4 Å². The van der Waals surface area contributed by atoms with Crippen LogP contribution in [0.15, 0.2) is 10.8 Å². The maximum Gasteiger partial charge on any atom is -0.00115 e. The topological polar surface area (TPSA) is 0 Å². The first-order valence-electron chi connectivity index (χ1n) is 3.36. The average Bonchev–Trinajstić information content (AvgIpc) is 2.34. The van der Waals surface area contributed by atoms with Crippen LogP contribution < -0.4 is 0 Å². The van der Waals surface area contributed by atoms with Gasteiger partial charge in [-0.05, 0) is 35.2 Å². The van der Waals surface area contributed by atoms with E-state index in [1.807, 2.05) is 5.38 Å². The molecule has 0 bridgehead atoms. The van der Waals surface area contributed by atoms with E-state index in [1.165, 1.54) is 24.8 Å². The zero-order chi connectivity index (χ0) is 6.53. The highest BCUT2D eigenvalue weighted by Gasteiger charge is 1.89. The van der Waals surface area contributed by atoms with Gasteiger partial charge in [-0.1, -0.05) is 13.3 Å². The number of thiophene rings is 1. The molecule has 49 valence electrons. The highest BCUT2D eigenvalue weighted by atomic mass is 32.1. The van der Waals surface area contributed by atoms with Crippen molar-refractivity contribution in [3.05, 3.63) is 22.4 Å². The Balaban J connectivity index is 2.30. The summed E-state index contributed by atoms with van der Waals surface area (Å²) in [5, 5.41) is 4.20. The van der Waals surface area contributed by atoms with Crippen molar-refractivity contribution in [2.24, 2.45) is 0 Å². The number of hydrogen-bond donors (Lipinski definition) is 0.